The molecule has 0 saturated carbocycles. The number of aryl methyl sites for hydroxylation is 1. The fourth-order valence-electron chi connectivity index (χ4n) is 1.11. The van der Waals surface area contributed by atoms with Gasteiger partial charge in [-0.25, -0.2) is 4.39 Å². The second-order valence-electron chi connectivity index (χ2n) is 3.05. The first-order valence-electron chi connectivity index (χ1n) is 4.39. The Morgan fingerprint density at radius 1 is 1.57 bits per heavy atom. The number of benzene rings is 1. The van der Waals surface area contributed by atoms with E-state index in [2.05, 4.69) is 5.32 Å². The number of hydrogen-bond acceptors (Lipinski definition) is 2. The molecule has 0 saturated heterocycles. The molecule has 0 spiro atoms. The molecule has 0 aliphatic carbocycles. The van der Waals surface area contributed by atoms with Crippen LogP contribution < -0.4 is 11.1 Å². The summed E-state index contributed by atoms with van der Waals surface area (Å²) in [5, 5.41) is 2.65. The van der Waals surface area contributed by atoms with Gasteiger partial charge in [0, 0.05) is 18.7 Å². The number of carbonyl (C=O) groups excluding carboxylic acids is 1. The number of rotatable bonds is 3. The lowest BCUT2D eigenvalue weighted by atomic mass is 10.2. The minimum Gasteiger partial charge on any atom is -0.330 e. The zero-order valence-electron chi connectivity index (χ0n) is 8.01. The van der Waals surface area contributed by atoms with E-state index in [9.17, 15) is 9.18 Å². The van der Waals surface area contributed by atoms with Gasteiger partial charge in [-0.05, 0) is 30.7 Å². The third kappa shape index (κ3) is 2.81. The van der Waals surface area contributed by atoms with E-state index in [1.54, 1.807) is 13.0 Å². The first-order valence-corrected chi connectivity index (χ1v) is 4.39. The quantitative estimate of drug-likeness (QED) is 0.768. The summed E-state index contributed by atoms with van der Waals surface area (Å²) in [6.07, 6.45) is 0.275. The van der Waals surface area contributed by atoms with Crippen molar-refractivity contribution in [3.8, 4) is 0 Å². The normalized spacial score (nSPS) is 9.93. The molecule has 0 heterocycles. The van der Waals surface area contributed by atoms with Crippen LogP contribution >= 0.6 is 0 Å². The van der Waals surface area contributed by atoms with Crippen molar-refractivity contribution in [1.29, 1.82) is 0 Å². The molecule has 3 N–H and O–H groups in total. The predicted octanol–water partition coefficient (Wildman–Crippen LogP) is 1.42. The molecule has 3 nitrogen and oxygen atoms in total. The highest BCUT2D eigenvalue weighted by Gasteiger charge is 2.03. The van der Waals surface area contributed by atoms with Crippen molar-refractivity contribution in [3.63, 3.8) is 0 Å². The Kier molecular flexibility index (Phi) is 3.59. The van der Waals surface area contributed by atoms with Crippen molar-refractivity contribution >= 4 is 11.6 Å². The molecule has 0 fully saturated rings. The minimum absolute atomic E-state index is 0.151. The average molecular weight is 196 g/mol. The van der Waals surface area contributed by atoms with E-state index >= 15 is 0 Å². The van der Waals surface area contributed by atoms with E-state index < -0.39 is 0 Å². The zero-order chi connectivity index (χ0) is 10.6. The van der Waals surface area contributed by atoms with E-state index in [0.717, 1.165) is 0 Å². The molecule has 4 heteroatoms. The van der Waals surface area contributed by atoms with E-state index in [0.29, 0.717) is 17.8 Å². The Balaban J connectivity index is 2.72. The zero-order valence-corrected chi connectivity index (χ0v) is 8.01. The Morgan fingerprint density at radius 2 is 2.29 bits per heavy atom. The molecule has 76 valence electrons. The van der Waals surface area contributed by atoms with Crippen molar-refractivity contribution in [1.82, 2.24) is 0 Å². The van der Waals surface area contributed by atoms with Crippen molar-refractivity contribution in [2.45, 2.75) is 13.3 Å². The standard InChI is InChI=1S/C10H13FN2O/c1-7-6-8(11)2-3-9(7)13-10(14)4-5-12/h2-3,6H,4-5,12H2,1H3,(H,13,14). The number of halogens is 1. The second kappa shape index (κ2) is 4.72. The highest BCUT2D eigenvalue weighted by atomic mass is 19.1. The summed E-state index contributed by atoms with van der Waals surface area (Å²) in [5.41, 5.74) is 6.56. The molecule has 0 unspecified atom stereocenters. The van der Waals surface area contributed by atoms with Gasteiger partial charge in [0.2, 0.25) is 5.91 Å². The molecule has 1 aromatic carbocycles. The number of anilines is 1. The average Bonchev–Trinajstić information content (AvgIpc) is 2.10. The van der Waals surface area contributed by atoms with Crippen LogP contribution in [-0.2, 0) is 4.79 Å². The van der Waals surface area contributed by atoms with Gasteiger partial charge in [0.05, 0.1) is 0 Å². The van der Waals surface area contributed by atoms with E-state index in [-0.39, 0.29) is 18.1 Å². The maximum Gasteiger partial charge on any atom is 0.225 e. The summed E-state index contributed by atoms with van der Waals surface area (Å²) < 4.78 is 12.7. The van der Waals surface area contributed by atoms with Gasteiger partial charge in [-0.15, -0.1) is 0 Å². The van der Waals surface area contributed by atoms with E-state index in [1.165, 1.54) is 12.1 Å². The van der Waals surface area contributed by atoms with Crippen LogP contribution in [0.4, 0.5) is 10.1 Å². The Bertz CT molecular complexity index is 339. The molecule has 1 amide bonds. The Morgan fingerprint density at radius 3 is 2.86 bits per heavy atom. The number of nitrogens with one attached hydrogen (secondary N) is 1. The molecule has 1 aromatic rings. The van der Waals surface area contributed by atoms with Crippen LogP contribution in [0.2, 0.25) is 0 Å². The van der Waals surface area contributed by atoms with Crippen molar-refractivity contribution in [2.24, 2.45) is 5.73 Å². The summed E-state index contributed by atoms with van der Waals surface area (Å²) in [6, 6.07) is 4.22. The minimum atomic E-state index is -0.306. The molecular weight excluding hydrogens is 183 g/mol. The lowest BCUT2D eigenvalue weighted by Gasteiger charge is -2.07. The van der Waals surface area contributed by atoms with Gasteiger partial charge in [-0.3, -0.25) is 4.79 Å². The van der Waals surface area contributed by atoms with Gasteiger partial charge in [0.25, 0.3) is 0 Å². The first kappa shape index (κ1) is 10.7. The molecular formula is C10H13FN2O. The summed E-state index contributed by atoms with van der Waals surface area (Å²) >= 11 is 0. The highest BCUT2D eigenvalue weighted by Crippen LogP contribution is 2.15. The van der Waals surface area contributed by atoms with Crippen molar-refractivity contribution in [3.05, 3.63) is 29.6 Å². The van der Waals surface area contributed by atoms with Crippen molar-refractivity contribution in [2.75, 3.05) is 11.9 Å². The lowest BCUT2D eigenvalue weighted by Crippen LogP contribution is -2.16. The van der Waals surface area contributed by atoms with Gasteiger partial charge in [0.1, 0.15) is 5.82 Å². The third-order valence-electron chi connectivity index (χ3n) is 1.83. The Hall–Kier alpha value is -1.42. The fourth-order valence-corrected chi connectivity index (χ4v) is 1.11. The van der Waals surface area contributed by atoms with E-state index in [1.807, 2.05) is 0 Å². The van der Waals surface area contributed by atoms with Gasteiger partial charge in [0.15, 0.2) is 0 Å². The van der Waals surface area contributed by atoms with Crippen molar-refractivity contribution < 1.29 is 9.18 Å². The molecule has 0 bridgehead atoms. The van der Waals surface area contributed by atoms with Crippen LogP contribution in [0.15, 0.2) is 18.2 Å². The summed E-state index contributed by atoms with van der Waals surface area (Å²) in [7, 11) is 0. The maximum absolute atomic E-state index is 12.7. The summed E-state index contributed by atoms with van der Waals surface area (Å²) in [6.45, 7) is 2.05. The fraction of sp³-hybridized carbons (Fsp3) is 0.300. The van der Waals surface area contributed by atoms with Gasteiger partial charge in [-0.2, -0.15) is 0 Å². The highest BCUT2D eigenvalue weighted by molar-refractivity contribution is 5.91. The number of carbonyl (C=O) groups is 1. The van der Waals surface area contributed by atoms with Crippen LogP contribution in [-0.4, -0.2) is 12.5 Å². The molecule has 14 heavy (non-hydrogen) atoms. The number of nitrogens with two attached hydrogens (primary N) is 1. The van der Waals surface area contributed by atoms with Gasteiger partial charge < -0.3 is 11.1 Å². The Labute approximate surface area is 82.1 Å². The van der Waals surface area contributed by atoms with Crippen LogP contribution in [0.5, 0.6) is 0 Å². The van der Waals surface area contributed by atoms with Gasteiger partial charge >= 0.3 is 0 Å². The largest absolute Gasteiger partial charge is 0.330 e. The molecule has 0 aromatic heterocycles. The number of amides is 1. The molecule has 0 aliphatic rings. The summed E-state index contributed by atoms with van der Waals surface area (Å²) in [5.74, 6) is -0.457. The van der Waals surface area contributed by atoms with Crippen LogP contribution in [0.3, 0.4) is 0 Å². The molecule has 0 radical (unpaired) electrons. The molecule has 0 aliphatic heterocycles. The SMILES string of the molecule is Cc1cc(F)ccc1NC(=O)CCN. The topological polar surface area (TPSA) is 55.1 Å². The van der Waals surface area contributed by atoms with E-state index in [4.69, 9.17) is 5.73 Å². The van der Waals surface area contributed by atoms with Crippen LogP contribution in [0, 0.1) is 12.7 Å². The number of hydrogen-bond donors (Lipinski definition) is 2. The van der Waals surface area contributed by atoms with Crippen LogP contribution in [0.25, 0.3) is 0 Å². The third-order valence-corrected chi connectivity index (χ3v) is 1.83. The second-order valence-corrected chi connectivity index (χ2v) is 3.05. The molecule has 1 rings (SSSR count). The van der Waals surface area contributed by atoms with Crippen LogP contribution in [0.1, 0.15) is 12.0 Å². The molecule has 0 atom stereocenters. The lowest BCUT2D eigenvalue weighted by molar-refractivity contribution is -0.116. The monoisotopic (exact) mass is 196 g/mol. The first-order chi connectivity index (χ1) is 6.63. The smallest absolute Gasteiger partial charge is 0.225 e. The summed E-state index contributed by atoms with van der Waals surface area (Å²) in [4.78, 5) is 11.2. The predicted molar refractivity (Wildman–Crippen MR) is 53.4 cm³/mol. The maximum atomic E-state index is 12.7. The van der Waals surface area contributed by atoms with Gasteiger partial charge in [-0.1, -0.05) is 0 Å².